The summed E-state index contributed by atoms with van der Waals surface area (Å²) in [6.07, 6.45) is 6.63. The molecule has 2 aromatic rings. The Morgan fingerprint density at radius 2 is 1.96 bits per heavy atom. The van der Waals surface area contributed by atoms with Crippen LogP contribution in [0.15, 0.2) is 48.9 Å². The van der Waals surface area contributed by atoms with Crippen LogP contribution in [0.5, 0.6) is 0 Å². The molecule has 0 atom stereocenters. The number of hydrogen-bond acceptors (Lipinski definition) is 4. The number of hydrogen-bond donors (Lipinski definition) is 1. The highest BCUT2D eigenvalue weighted by atomic mass is 16.2. The van der Waals surface area contributed by atoms with Gasteiger partial charge < -0.3 is 10.2 Å². The molecule has 6 nitrogen and oxygen atoms in total. The highest BCUT2D eigenvalue weighted by molar-refractivity contribution is 5.94. The molecule has 0 aromatic carbocycles. The monoisotopic (exact) mass is 324 g/mol. The third-order valence-corrected chi connectivity index (χ3v) is 4.26. The van der Waals surface area contributed by atoms with E-state index in [1.165, 1.54) is 0 Å². The third-order valence-electron chi connectivity index (χ3n) is 4.26. The summed E-state index contributed by atoms with van der Waals surface area (Å²) in [5.74, 6) is 0.263. The quantitative estimate of drug-likeness (QED) is 0.930. The van der Waals surface area contributed by atoms with Gasteiger partial charge in [0, 0.05) is 38.2 Å². The summed E-state index contributed by atoms with van der Waals surface area (Å²) in [6, 6.07) is 8.84. The lowest BCUT2D eigenvalue weighted by molar-refractivity contribution is 0.0683. The molecule has 24 heavy (non-hydrogen) atoms. The maximum atomic E-state index is 12.4. The fourth-order valence-corrected chi connectivity index (χ4v) is 2.84. The van der Waals surface area contributed by atoms with Crippen molar-refractivity contribution in [1.29, 1.82) is 0 Å². The van der Waals surface area contributed by atoms with Crippen LogP contribution in [-0.4, -0.2) is 46.3 Å². The van der Waals surface area contributed by atoms with Gasteiger partial charge in [-0.15, -0.1) is 0 Å². The van der Waals surface area contributed by atoms with Gasteiger partial charge in [0.05, 0.1) is 5.56 Å². The van der Waals surface area contributed by atoms with Crippen molar-refractivity contribution < 1.29 is 9.59 Å². The van der Waals surface area contributed by atoms with Crippen LogP contribution in [0, 0.1) is 5.92 Å². The largest absolute Gasteiger partial charge is 0.350 e. The predicted molar refractivity (Wildman–Crippen MR) is 89.4 cm³/mol. The molecule has 0 spiro atoms. The van der Waals surface area contributed by atoms with Crippen LogP contribution in [0.1, 0.15) is 33.7 Å². The molecule has 124 valence electrons. The van der Waals surface area contributed by atoms with E-state index in [4.69, 9.17) is 0 Å². The topological polar surface area (TPSA) is 75.2 Å². The molecule has 0 unspecified atom stereocenters. The molecule has 3 rings (SSSR count). The molecule has 6 heteroatoms. The van der Waals surface area contributed by atoms with Gasteiger partial charge >= 0.3 is 0 Å². The van der Waals surface area contributed by atoms with Crippen LogP contribution in [0.25, 0.3) is 0 Å². The second kappa shape index (κ2) is 7.68. The molecule has 0 aliphatic carbocycles. The van der Waals surface area contributed by atoms with Crippen LogP contribution in [0.4, 0.5) is 0 Å². The van der Waals surface area contributed by atoms with E-state index in [0.717, 1.165) is 12.8 Å². The van der Waals surface area contributed by atoms with Gasteiger partial charge in [-0.1, -0.05) is 6.07 Å². The van der Waals surface area contributed by atoms with Gasteiger partial charge in [0.25, 0.3) is 11.8 Å². The first-order valence-electron chi connectivity index (χ1n) is 8.12. The number of pyridine rings is 2. The van der Waals surface area contributed by atoms with Crippen molar-refractivity contribution in [3.63, 3.8) is 0 Å². The molecule has 1 aliphatic heterocycles. The predicted octanol–water partition coefficient (Wildman–Crippen LogP) is 1.76. The Hall–Kier alpha value is -2.76. The third kappa shape index (κ3) is 3.95. The average Bonchev–Trinajstić information content (AvgIpc) is 2.67. The zero-order valence-electron chi connectivity index (χ0n) is 13.4. The van der Waals surface area contributed by atoms with Crippen LogP contribution in [-0.2, 0) is 0 Å². The van der Waals surface area contributed by atoms with Gasteiger partial charge in [0.2, 0.25) is 0 Å². The first kappa shape index (κ1) is 16.1. The molecule has 3 heterocycles. The van der Waals surface area contributed by atoms with Crippen molar-refractivity contribution in [2.24, 2.45) is 5.92 Å². The van der Waals surface area contributed by atoms with Crippen molar-refractivity contribution in [2.75, 3.05) is 19.6 Å². The van der Waals surface area contributed by atoms with Gasteiger partial charge in [0.15, 0.2) is 0 Å². The van der Waals surface area contributed by atoms with Gasteiger partial charge in [0.1, 0.15) is 5.69 Å². The number of carbonyl (C=O) groups is 2. The van der Waals surface area contributed by atoms with E-state index in [1.807, 2.05) is 4.90 Å². The Morgan fingerprint density at radius 3 is 2.62 bits per heavy atom. The van der Waals surface area contributed by atoms with E-state index in [-0.39, 0.29) is 11.8 Å². The molecule has 1 saturated heterocycles. The van der Waals surface area contributed by atoms with Crippen molar-refractivity contribution in [3.8, 4) is 0 Å². The molecule has 1 aliphatic rings. The molecule has 0 saturated carbocycles. The minimum atomic E-state index is -0.149. The van der Waals surface area contributed by atoms with E-state index in [1.54, 1.807) is 48.9 Å². The number of amides is 2. The van der Waals surface area contributed by atoms with Crippen LogP contribution in [0.3, 0.4) is 0 Å². The number of nitrogens with zero attached hydrogens (tertiary/aromatic N) is 3. The van der Waals surface area contributed by atoms with Gasteiger partial charge in [-0.3, -0.25) is 19.6 Å². The lowest BCUT2D eigenvalue weighted by Gasteiger charge is -2.32. The summed E-state index contributed by atoms with van der Waals surface area (Å²) in [4.78, 5) is 34.3. The van der Waals surface area contributed by atoms with Crippen LogP contribution < -0.4 is 5.32 Å². The summed E-state index contributed by atoms with van der Waals surface area (Å²) in [5, 5.41) is 2.93. The van der Waals surface area contributed by atoms with Crippen LogP contribution in [0.2, 0.25) is 0 Å². The number of carbonyl (C=O) groups excluding carboxylic acids is 2. The van der Waals surface area contributed by atoms with E-state index in [9.17, 15) is 9.59 Å². The highest BCUT2D eigenvalue weighted by Gasteiger charge is 2.24. The summed E-state index contributed by atoms with van der Waals surface area (Å²) < 4.78 is 0. The van der Waals surface area contributed by atoms with Gasteiger partial charge in [-0.2, -0.15) is 0 Å². The Labute approximate surface area is 140 Å². The maximum absolute atomic E-state index is 12.4. The molecule has 1 fully saturated rings. The summed E-state index contributed by atoms with van der Waals surface area (Å²) >= 11 is 0. The molecule has 0 bridgehead atoms. The zero-order valence-corrected chi connectivity index (χ0v) is 13.4. The van der Waals surface area contributed by atoms with Gasteiger partial charge in [-0.05, 0) is 43.0 Å². The minimum absolute atomic E-state index is 0.0269. The molecular weight excluding hydrogens is 304 g/mol. The lowest BCUT2D eigenvalue weighted by atomic mass is 9.96. The normalized spacial score (nSPS) is 15.1. The standard InChI is InChI=1S/C18H20N4O2/c23-17(16-5-1-2-9-20-16)21-12-14-6-10-22(11-7-14)18(24)15-4-3-8-19-13-15/h1-5,8-9,13-14H,6-7,10-12H2,(H,21,23). The van der Waals surface area contributed by atoms with Gasteiger partial charge in [-0.25, -0.2) is 0 Å². The van der Waals surface area contributed by atoms with Crippen molar-refractivity contribution in [3.05, 3.63) is 60.2 Å². The first-order chi connectivity index (χ1) is 11.7. The Bertz CT molecular complexity index is 683. The SMILES string of the molecule is O=C(NCC1CCN(C(=O)c2cccnc2)CC1)c1ccccn1. The lowest BCUT2D eigenvalue weighted by Crippen LogP contribution is -2.41. The summed E-state index contributed by atoms with van der Waals surface area (Å²) in [5.41, 5.74) is 1.06. The fourth-order valence-electron chi connectivity index (χ4n) is 2.84. The van der Waals surface area contributed by atoms with Crippen molar-refractivity contribution in [2.45, 2.75) is 12.8 Å². The van der Waals surface area contributed by atoms with E-state index in [0.29, 0.717) is 36.8 Å². The number of rotatable bonds is 4. The fraction of sp³-hybridized carbons (Fsp3) is 0.333. The van der Waals surface area contributed by atoms with E-state index in [2.05, 4.69) is 15.3 Å². The Balaban J connectivity index is 1.46. The Kier molecular flexibility index (Phi) is 5.15. The number of nitrogens with one attached hydrogen (secondary N) is 1. The first-order valence-corrected chi connectivity index (χ1v) is 8.12. The zero-order chi connectivity index (χ0) is 16.8. The molecule has 2 aromatic heterocycles. The molecule has 0 radical (unpaired) electrons. The van der Waals surface area contributed by atoms with E-state index >= 15 is 0 Å². The molecule has 1 N–H and O–H groups in total. The number of piperidine rings is 1. The second-order valence-corrected chi connectivity index (χ2v) is 5.90. The van der Waals surface area contributed by atoms with E-state index < -0.39 is 0 Å². The second-order valence-electron chi connectivity index (χ2n) is 5.90. The summed E-state index contributed by atoms with van der Waals surface area (Å²) in [6.45, 7) is 2.03. The smallest absolute Gasteiger partial charge is 0.269 e. The average molecular weight is 324 g/mol. The summed E-state index contributed by atoms with van der Waals surface area (Å²) in [7, 11) is 0. The van der Waals surface area contributed by atoms with Crippen molar-refractivity contribution in [1.82, 2.24) is 20.2 Å². The van der Waals surface area contributed by atoms with Crippen LogP contribution >= 0.6 is 0 Å². The van der Waals surface area contributed by atoms with Crippen molar-refractivity contribution >= 4 is 11.8 Å². The molecule has 2 amide bonds. The number of likely N-dealkylation sites (tertiary alicyclic amines) is 1. The maximum Gasteiger partial charge on any atom is 0.269 e. The minimum Gasteiger partial charge on any atom is -0.350 e. The number of aromatic nitrogens is 2. The Morgan fingerprint density at radius 1 is 1.12 bits per heavy atom. The molecular formula is C18H20N4O2. The highest BCUT2D eigenvalue weighted by Crippen LogP contribution is 2.18.